The highest BCUT2D eigenvalue weighted by Gasteiger charge is 2.05. The molecule has 1 unspecified atom stereocenters. The Morgan fingerprint density at radius 1 is 1.57 bits per heavy atom. The van der Waals surface area contributed by atoms with Crippen molar-refractivity contribution in [3.8, 4) is 0 Å². The summed E-state index contributed by atoms with van der Waals surface area (Å²) in [7, 11) is 0. The molecule has 1 aromatic carbocycles. The Balaban J connectivity index is 2.72. The van der Waals surface area contributed by atoms with Crippen LogP contribution in [0.15, 0.2) is 22.7 Å². The molecule has 0 aliphatic carbocycles. The van der Waals surface area contributed by atoms with E-state index in [1.165, 1.54) is 0 Å². The van der Waals surface area contributed by atoms with Crippen molar-refractivity contribution in [2.45, 2.75) is 19.4 Å². The zero-order valence-corrected chi connectivity index (χ0v) is 10.3. The van der Waals surface area contributed by atoms with Crippen molar-refractivity contribution >= 4 is 33.2 Å². The van der Waals surface area contributed by atoms with Crippen LogP contribution in [0.4, 0.5) is 5.69 Å². The third kappa shape index (κ3) is 3.15. The lowest BCUT2D eigenvalue weighted by molar-refractivity contribution is 0.272. The number of aliphatic hydroxyl groups excluding tert-OH is 1. The van der Waals surface area contributed by atoms with Crippen LogP contribution in [0, 0.1) is 0 Å². The molecule has 0 aliphatic heterocycles. The molecule has 0 saturated heterocycles. The molecule has 0 aliphatic rings. The molecule has 1 atom stereocenters. The van der Waals surface area contributed by atoms with E-state index >= 15 is 0 Å². The summed E-state index contributed by atoms with van der Waals surface area (Å²) in [5, 5.41) is 12.9. The lowest BCUT2D eigenvalue weighted by atomic mass is 10.2. The van der Waals surface area contributed by atoms with E-state index in [1.807, 2.05) is 25.1 Å². The van der Waals surface area contributed by atoms with Gasteiger partial charge in [-0.1, -0.05) is 18.5 Å². The summed E-state index contributed by atoms with van der Waals surface area (Å²) in [4.78, 5) is 0. The van der Waals surface area contributed by atoms with E-state index in [4.69, 9.17) is 16.7 Å². The van der Waals surface area contributed by atoms with Gasteiger partial charge in [-0.25, -0.2) is 0 Å². The van der Waals surface area contributed by atoms with Gasteiger partial charge in [0, 0.05) is 16.2 Å². The SMILES string of the molecule is CCC(CO)Nc1ccc(Cl)c(Br)c1. The average molecular weight is 279 g/mol. The molecule has 2 N–H and O–H groups in total. The maximum absolute atomic E-state index is 9.01. The van der Waals surface area contributed by atoms with Gasteiger partial charge in [0.2, 0.25) is 0 Å². The van der Waals surface area contributed by atoms with Gasteiger partial charge in [0.25, 0.3) is 0 Å². The average Bonchev–Trinajstić information content (AvgIpc) is 2.19. The zero-order valence-electron chi connectivity index (χ0n) is 7.93. The summed E-state index contributed by atoms with van der Waals surface area (Å²) in [6.45, 7) is 2.16. The number of hydrogen-bond donors (Lipinski definition) is 2. The van der Waals surface area contributed by atoms with Crippen LogP contribution >= 0.6 is 27.5 Å². The van der Waals surface area contributed by atoms with Gasteiger partial charge in [-0.05, 0) is 40.5 Å². The molecule has 14 heavy (non-hydrogen) atoms. The first-order chi connectivity index (χ1) is 6.67. The van der Waals surface area contributed by atoms with E-state index in [9.17, 15) is 0 Å². The minimum absolute atomic E-state index is 0.100. The summed E-state index contributed by atoms with van der Waals surface area (Å²) in [6, 6.07) is 5.72. The molecule has 0 bridgehead atoms. The first-order valence-corrected chi connectivity index (χ1v) is 5.67. The normalized spacial score (nSPS) is 12.6. The number of aliphatic hydroxyl groups is 1. The predicted octanol–water partition coefficient (Wildman–Crippen LogP) is 3.29. The topological polar surface area (TPSA) is 32.3 Å². The molecule has 1 aromatic rings. The summed E-state index contributed by atoms with van der Waals surface area (Å²) < 4.78 is 0.858. The van der Waals surface area contributed by atoms with Crippen molar-refractivity contribution < 1.29 is 5.11 Å². The molecular weight excluding hydrogens is 265 g/mol. The maximum atomic E-state index is 9.01. The van der Waals surface area contributed by atoms with Gasteiger partial charge < -0.3 is 10.4 Å². The molecule has 78 valence electrons. The van der Waals surface area contributed by atoms with E-state index in [0.717, 1.165) is 16.6 Å². The van der Waals surface area contributed by atoms with Crippen molar-refractivity contribution in [2.24, 2.45) is 0 Å². The molecular formula is C10H13BrClNO. The Morgan fingerprint density at radius 3 is 2.79 bits per heavy atom. The van der Waals surface area contributed by atoms with Crippen molar-refractivity contribution in [3.63, 3.8) is 0 Å². The smallest absolute Gasteiger partial charge is 0.0632 e. The molecule has 0 saturated carbocycles. The first-order valence-electron chi connectivity index (χ1n) is 4.49. The van der Waals surface area contributed by atoms with Crippen LogP contribution in [-0.2, 0) is 0 Å². The van der Waals surface area contributed by atoms with Gasteiger partial charge in [-0.3, -0.25) is 0 Å². The Kier molecular flexibility index (Phi) is 4.72. The summed E-state index contributed by atoms with van der Waals surface area (Å²) >= 11 is 9.21. The number of anilines is 1. The van der Waals surface area contributed by atoms with Crippen LogP contribution in [-0.4, -0.2) is 17.8 Å². The number of halogens is 2. The number of benzene rings is 1. The molecule has 0 amide bonds. The van der Waals surface area contributed by atoms with Gasteiger partial charge in [-0.2, -0.15) is 0 Å². The third-order valence-electron chi connectivity index (χ3n) is 2.00. The van der Waals surface area contributed by atoms with Crippen LogP contribution in [0.5, 0.6) is 0 Å². The number of rotatable bonds is 4. The molecule has 0 radical (unpaired) electrons. The zero-order chi connectivity index (χ0) is 10.6. The van der Waals surface area contributed by atoms with Crippen LogP contribution in [0.25, 0.3) is 0 Å². The Morgan fingerprint density at radius 2 is 2.29 bits per heavy atom. The second kappa shape index (κ2) is 5.59. The van der Waals surface area contributed by atoms with Crippen LogP contribution in [0.1, 0.15) is 13.3 Å². The molecule has 4 heteroatoms. The van der Waals surface area contributed by atoms with Crippen LogP contribution < -0.4 is 5.32 Å². The van der Waals surface area contributed by atoms with Gasteiger partial charge in [0.05, 0.1) is 11.6 Å². The van der Waals surface area contributed by atoms with E-state index in [-0.39, 0.29) is 12.6 Å². The molecule has 2 nitrogen and oxygen atoms in total. The molecule has 0 heterocycles. The van der Waals surface area contributed by atoms with Gasteiger partial charge in [0.15, 0.2) is 0 Å². The highest BCUT2D eigenvalue weighted by atomic mass is 79.9. The minimum Gasteiger partial charge on any atom is -0.394 e. The molecule has 0 spiro atoms. The summed E-state index contributed by atoms with van der Waals surface area (Å²) in [6.07, 6.45) is 0.886. The fraction of sp³-hybridized carbons (Fsp3) is 0.400. The minimum atomic E-state index is 0.100. The van der Waals surface area contributed by atoms with Gasteiger partial charge in [0.1, 0.15) is 0 Å². The molecule has 0 aromatic heterocycles. The Hall–Kier alpha value is -0.250. The monoisotopic (exact) mass is 277 g/mol. The second-order valence-electron chi connectivity index (χ2n) is 3.06. The van der Waals surface area contributed by atoms with E-state index < -0.39 is 0 Å². The molecule has 0 fully saturated rings. The van der Waals surface area contributed by atoms with Crippen molar-refractivity contribution in [1.29, 1.82) is 0 Å². The van der Waals surface area contributed by atoms with Crippen molar-refractivity contribution in [3.05, 3.63) is 27.7 Å². The van der Waals surface area contributed by atoms with Crippen molar-refractivity contribution in [2.75, 3.05) is 11.9 Å². The fourth-order valence-corrected chi connectivity index (χ4v) is 1.59. The summed E-state index contributed by atoms with van der Waals surface area (Å²) in [5.74, 6) is 0. The second-order valence-corrected chi connectivity index (χ2v) is 4.32. The van der Waals surface area contributed by atoms with Gasteiger partial charge >= 0.3 is 0 Å². The van der Waals surface area contributed by atoms with E-state index in [1.54, 1.807) is 0 Å². The Bertz CT molecular complexity index is 302. The first kappa shape index (κ1) is 11.8. The van der Waals surface area contributed by atoms with Crippen LogP contribution in [0.3, 0.4) is 0 Å². The maximum Gasteiger partial charge on any atom is 0.0632 e. The molecule has 1 rings (SSSR count). The lowest BCUT2D eigenvalue weighted by Crippen LogP contribution is -2.22. The lowest BCUT2D eigenvalue weighted by Gasteiger charge is -2.15. The predicted molar refractivity (Wildman–Crippen MR) is 63.9 cm³/mol. The van der Waals surface area contributed by atoms with E-state index in [0.29, 0.717) is 5.02 Å². The quantitative estimate of drug-likeness (QED) is 0.886. The standard InChI is InChI=1S/C10H13BrClNO/c1-2-7(6-14)13-8-3-4-10(12)9(11)5-8/h3-5,7,13-14H,2,6H2,1H3. The highest BCUT2D eigenvalue weighted by molar-refractivity contribution is 9.10. The number of hydrogen-bond acceptors (Lipinski definition) is 2. The van der Waals surface area contributed by atoms with Crippen LogP contribution in [0.2, 0.25) is 5.02 Å². The Labute approximate surface area is 97.4 Å². The number of nitrogens with one attached hydrogen (secondary N) is 1. The van der Waals surface area contributed by atoms with Crippen molar-refractivity contribution in [1.82, 2.24) is 0 Å². The van der Waals surface area contributed by atoms with E-state index in [2.05, 4.69) is 21.2 Å². The summed E-state index contributed by atoms with van der Waals surface area (Å²) in [5.41, 5.74) is 0.960. The largest absolute Gasteiger partial charge is 0.394 e. The fourth-order valence-electron chi connectivity index (χ4n) is 1.10. The van der Waals surface area contributed by atoms with Gasteiger partial charge in [-0.15, -0.1) is 0 Å². The highest BCUT2D eigenvalue weighted by Crippen LogP contribution is 2.25. The third-order valence-corrected chi connectivity index (χ3v) is 3.22.